The molecular weight excluding hydrogens is 248 g/mol. The number of piperidine rings is 1. The van der Waals surface area contributed by atoms with Crippen molar-refractivity contribution in [3.8, 4) is 5.75 Å². The number of hydrogen-bond acceptors (Lipinski definition) is 3. The molecule has 1 N–H and O–H groups in total. The molecule has 1 aliphatic heterocycles. The maximum absolute atomic E-state index is 5.72. The van der Waals surface area contributed by atoms with Crippen molar-refractivity contribution in [1.82, 2.24) is 10.2 Å². The Morgan fingerprint density at radius 3 is 2.70 bits per heavy atom. The predicted octanol–water partition coefficient (Wildman–Crippen LogP) is 3.08. The summed E-state index contributed by atoms with van der Waals surface area (Å²) in [5.41, 5.74) is 1.27. The van der Waals surface area contributed by atoms with E-state index in [2.05, 4.69) is 42.4 Å². The lowest BCUT2D eigenvalue weighted by Gasteiger charge is -2.30. The van der Waals surface area contributed by atoms with Gasteiger partial charge in [0.05, 0.1) is 6.61 Å². The zero-order valence-electron chi connectivity index (χ0n) is 13.1. The molecule has 20 heavy (non-hydrogen) atoms. The third-order valence-electron chi connectivity index (χ3n) is 4.24. The average molecular weight is 276 g/mol. The van der Waals surface area contributed by atoms with Gasteiger partial charge in [0.1, 0.15) is 5.75 Å². The number of nitrogens with zero attached hydrogens (tertiary/aromatic N) is 1. The standard InChI is InChI=1S/C17H28N2O/c1-4-20-17-8-6-5-7-16(17)14(2)18-13-15-9-11-19(3)12-10-15/h5-8,14-15,18H,4,9-13H2,1-3H3. The van der Waals surface area contributed by atoms with Crippen molar-refractivity contribution in [2.75, 3.05) is 33.3 Å². The van der Waals surface area contributed by atoms with Gasteiger partial charge in [0.15, 0.2) is 0 Å². The van der Waals surface area contributed by atoms with Crippen LogP contribution >= 0.6 is 0 Å². The minimum Gasteiger partial charge on any atom is -0.494 e. The average Bonchev–Trinajstić information content (AvgIpc) is 2.47. The van der Waals surface area contributed by atoms with Gasteiger partial charge in [-0.1, -0.05) is 18.2 Å². The summed E-state index contributed by atoms with van der Waals surface area (Å²) in [7, 11) is 2.21. The van der Waals surface area contributed by atoms with Crippen LogP contribution in [0.4, 0.5) is 0 Å². The van der Waals surface area contributed by atoms with Crippen molar-refractivity contribution >= 4 is 0 Å². The van der Waals surface area contributed by atoms with E-state index in [1.165, 1.54) is 31.5 Å². The molecule has 2 rings (SSSR count). The number of hydrogen-bond donors (Lipinski definition) is 1. The van der Waals surface area contributed by atoms with Crippen LogP contribution in [0.3, 0.4) is 0 Å². The van der Waals surface area contributed by atoms with Gasteiger partial charge in [-0.05, 0) is 65.4 Å². The molecule has 1 heterocycles. The highest BCUT2D eigenvalue weighted by atomic mass is 16.5. The molecule has 3 nitrogen and oxygen atoms in total. The topological polar surface area (TPSA) is 24.5 Å². The number of nitrogens with one attached hydrogen (secondary N) is 1. The fraction of sp³-hybridized carbons (Fsp3) is 0.647. The second-order valence-corrected chi connectivity index (χ2v) is 5.85. The van der Waals surface area contributed by atoms with Crippen LogP contribution in [-0.2, 0) is 0 Å². The molecule has 0 aromatic heterocycles. The molecule has 1 aromatic carbocycles. The summed E-state index contributed by atoms with van der Waals surface area (Å²) < 4.78 is 5.72. The highest BCUT2D eigenvalue weighted by molar-refractivity contribution is 5.35. The van der Waals surface area contributed by atoms with Gasteiger partial charge in [-0.2, -0.15) is 0 Å². The van der Waals surface area contributed by atoms with E-state index in [0.29, 0.717) is 6.04 Å². The molecular formula is C17H28N2O. The van der Waals surface area contributed by atoms with Gasteiger partial charge in [-0.3, -0.25) is 0 Å². The smallest absolute Gasteiger partial charge is 0.124 e. The summed E-state index contributed by atoms with van der Waals surface area (Å²) in [6.45, 7) is 8.56. The lowest BCUT2D eigenvalue weighted by Crippen LogP contribution is -2.35. The second-order valence-electron chi connectivity index (χ2n) is 5.85. The lowest BCUT2D eigenvalue weighted by atomic mass is 9.96. The number of benzene rings is 1. The van der Waals surface area contributed by atoms with Crippen LogP contribution in [0.25, 0.3) is 0 Å². The van der Waals surface area contributed by atoms with Crippen LogP contribution in [0, 0.1) is 5.92 Å². The quantitative estimate of drug-likeness (QED) is 0.864. The highest BCUT2D eigenvalue weighted by Gasteiger charge is 2.18. The third-order valence-corrected chi connectivity index (χ3v) is 4.24. The Morgan fingerprint density at radius 2 is 2.00 bits per heavy atom. The molecule has 0 spiro atoms. The Morgan fingerprint density at radius 1 is 1.30 bits per heavy atom. The van der Waals surface area contributed by atoms with Crippen LogP contribution in [0.1, 0.15) is 38.3 Å². The van der Waals surface area contributed by atoms with Gasteiger partial charge in [-0.25, -0.2) is 0 Å². The maximum Gasteiger partial charge on any atom is 0.124 e. The van der Waals surface area contributed by atoms with Crippen LogP contribution < -0.4 is 10.1 Å². The number of para-hydroxylation sites is 1. The minimum absolute atomic E-state index is 0.345. The van der Waals surface area contributed by atoms with E-state index in [9.17, 15) is 0 Å². The Labute approximate surface area is 123 Å². The molecule has 0 saturated carbocycles. The summed E-state index contributed by atoms with van der Waals surface area (Å²) in [4.78, 5) is 2.42. The highest BCUT2D eigenvalue weighted by Crippen LogP contribution is 2.25. The molecule has 112 valence electrons. The third kappa shape index (κ3) is 4.22. The van der Waals surface area contributed by atoms with Crippen LogP contribution in [0.5, 0.6) is 5.75 Å². The molecule has 0 amide bonds. The minimum atomic E-state index is 0.345. The zero-order chi connectivity index (χ0) is 14.4. The predicted molar refractivity (Wildman–Crippen MR) is 84.2 cm³/mol. The van der Waals surface area contributed by atoms with Crippen molar-refractivity contribution in [3.63, 3.8) is 0 Å². The molecule has 1 saturated heterocycles. The first-order valence-electron chi connectivity index (χ1n) is 7.84. The Balaban J connectivity index is 1.86. The molecule has 0 bridgehead atoms. The van der Waals surface area contributed by atoms with Crippen molar-refractivity contribution in [2.45, 2.75) is 32.7 Å². The van der Waals surface area contributed by atoms with Crippen molar-refractivity contribution in [3.05, 3.63) is 29.8 Å². The molecule has 1 fully saturated rings. The fourth-order valence-electron chi connectivity index (χ4n) is 2.84. The van der Waals surface area contributed by atoms with Crippen LogP contribution in [-0.4, -0.2) is 38.2 Å². The first-order chi connectivity index (χ1) is 9.70. The van der Waals surface area contributed by atoms with E-state index >= 15 is 0 Å². The maximum atomic E-state index is 5.72. The van der Waals surface area contributed by atoms with E-state index in [0.717, 1.165) is 24.8 Å². The second kappa shape index (κ2) is 7.65. The largest absolute Gasteiger partial charge is 0.494 e. The van der Waals surface area contributed by atoms with E-state index in [-0.39, 0.29) is 0 Å². The van der Waals surface area contributed by atoms with Crippen LogP contribution in [0.15, 0.2) is 24.3 Å². The van der Waals surface area contributed by atoms with E-state index in [1.807, 2.05) is 13.0 Å². The summed E-state index contributed by atoms with van der Waals surface area (Å²) in [6, 6.07) is 8.70. The van der Waals surface area contributed by atoms with Gasteiger partial charge in [0.2, 0.25) is 0 Å². The van der Waals surface area contributed by atoms with Gasteiger partial charge >= 0.3 is 0 Å². The number of likely N-dealkylation sites (tertiary alicyclic amines) is 1. The summed E-state index contributed by atoms with van der Waals surface area (Å²) in [6.07, 6.45) is 2.62. The van der Waals surface area contributed by atoms with Gasteiger partial charge < -0.3 is 15.0 Å². The zero-order valence-corrected chi connectivity index (χ0v) is 13.1. The summed E-state index contributed by atoms with van der Waals surface area (Å²) in [5.74, 6) is 1.83. The van der Waals surface area contributed by atoms with Crippen LogP contribution in [0.2, 0.25) is 0 Å². The Kier molecular flexibility index (Phi) is 5.86. The molecule has 0 aliphatic carbocycles. The van der Waals surface area contributed by atoms with E-state index in [4.69, 9.17) is 4.74 Å². The normalized spacial score (nSPS) is 18.9. The molecule has 1 aromatic rings. The first kappa shape index (κ1) is 15.3. The van der Waals surface area contributed by atoms with Crippen molar-refractivity contribution in [1.29, 1.82) is 0 Å². The first-order valence-corrected chi connectivity index (χ1v) is 7.84. The van der Waals surface area contributed by atoms with E-state index in [1.54, 1.807) is 0 Å². The number of ether oxygens (including phenoxy) is 1. The number of rotatable bonds is 6. The Hall–Kier alpha value is -1.06. The lowest BCUT2D eigenvalue weighted by molar-refractivity contribution is 0.213. The van der Waals surface area contributed by atoms with Crippen molar-refractivity contribution < 1.29 is 4.74 Å². The van der Waals surface area contributed by atoms with E-state index < -0.39 is 0 Å². The molecule has 1 aliphatic rings. The summed E-state index contributed by atoms with van der Waals surface area (Å²) >= 11 is 0. The van der Waals surface area contributed by atoms with Crippen molar-refractivity contribution in [2.24, 2.45) is 5.92 Å². The van der Waals surface area contributed by atoms with Gasteiger partial charge in [-0.15, -0.1) is 0 Å². The molecule has 1 atom stereocenters. The summed E-state index contributed by atoms with van der Waals surface area (Å²) in [5, 5.41) is 3.68. The Bertz CT molecular complexity index is 400. The fourth-order valence-corrected chi connectivity index (χ4v) is 2.84. The molecule has 0 radical (unpaired) electrons. The van der Waals surface area contributed by atoms with Gasteiger partial charge in [0, 0.05) is 11.6 Å². The SMILES string of the molecule is CCOc1ccccc1C(C)NCC1CCN(C)CC1. The molecule has 3 heteroatoms. The monoisotopic (exact) mass is 276 g/mol. The molecule has 1 unspecified atom stereocenters. The van der Waals surface area contributed by atoms with Gasteiger partial charge in [0.25, 0.3) is 0 Å².